The summed E-state index contributed by atoms with van der Waals surface area (Å²) in [6.07, 6.45) is 1.81. The largest absolute Gasteiger partial charge is 0.486 e. The van der Waals surface area contributed by atoms with E-state index in [0.717, 1.165) is 29.5 Å². The Bertz CT molecular complexity index is 1150. The van der Waals surface area contributed by atoms with Crippen LogP contribution in [0.5, 0.6) is 5.75 Å². The lowest BCUT2D eigenvalue weighted by Crippen LogP contribution is -2.51. The molecule has 3 heterocycles. The Balaban J connectivity index is 1.39. The molecule has 0 saturated carbocycles. The van der Waals surface area contributed by atoms with Crippen LogP contribution in [0.1, 0.15) is 40.7 Å². The number of carbonyl (C=O) groups is 1. The average molecular weight is 431 g/mol. The Hall–Kier alpha value is -2.24. The summed E-state index contributed by atoms with van der Waals surface area (Å²) in [7, 11) is 0. The summed E-state index contributed by atoms with van der Waals surface area (Å²) in [6.45, 7) is 5.23. The van der Waals surface area contributed by atoms with Crippen LogP contribution < -0.4 is 9.64 Å². The minimum atomic E-state index is -0.484. The van der Waals surface area contributed by atoms with E-state index in [9.17, 15) is 4.79 Å². The van der Waals surface area contributed by atoms with Crippen LogP contribution in [0.25, 0.3) is 11.1 Å². The van der Waals surface area contributed by atoms with Crippen molar-refractivity contribution in [2.24, 2.45) is 0 Å². The maximum absolute atomic E-state index is 12.9. The van der Waals surface area contributed by atoms with Crippen LogP contribution in [0.3, 0.4) is 0 Å². The van der Waals surface area contributed by atoms with Crippen molar-refractivity contribution in [1.82, 2.24) is 4.98 Å². The quantitative estimate of drug-likeness (QED) is 0.491. The van der Waals surface area contributed by atoms with Crippen LogP contribution in [0, 0.1) is 13.8 Å². The molecule has 5 nitrogen and oxygen atoms in total. The average Bonchev–Trinajstić information content (AvgIpc) is 3.09. The van der Waals surface area contributed by atoms with Gasteiger partial charge in [0.1, 0.15) is 16.9 Å². The van der Waals surface area contributed by atoms with Crippen LogP contribution in [0.4, 0.5) is 6.01 Å². The van der Waals surface area contributed by atoms with Gasteiger partial charge in [-0.1, -0.05) is 23.2 Å². The van der Waals surface area contributed by atoms with E-state index in [-0.39, 0.29) is 5.78 Å². The lowest BCUT2D eigenvalue weighted by molar-refractivity contribution is 0.0225. The molecule has 2 aliphatic heterocycles. The van der Waals surface area contributed by atoms with Crippen molar-refractivity contribution in [1.29, 1.82) is 0 Å². The fraction of sp³-hybridized carbons (Fsp3) is 0.364. The van der Waals surface area contributed by atoms with Crippen molar-refractivity contribution in [2.45, 2.75) is 38.7 Å². The van der Waals surface area contributed by atoms with E-state index in [4.69, 9.17) is 32.4 Å². The molecule has 7 heteroatoms. The van der Waals surface area contributed by atoms with Gasteiger partial charge >= 0.3 is 0 Å². The summed E-state index contributed by atoms with van der Waals surface area (Å²) in [5.41, 5.74) is 3.34. The standard InChI is InChI=1S/C22H20Cl2N2O3/c1-12-9-18-19(13(2)20(12)24)16(27)11-22(29-18)5-7-26(8-6-22)21-25-15-10-14(23)3-4-17(15)28-21/h3-4,9-10H,5-8,11H2,1-2H3. The fourth-order valence-corrected chi connectivity index (χ4v) is 4.72. The molecule has 0 unspecified atom stereocenters. The highest BCUT2D eigenvalue weighted by Gasteiger charge is 2.44. The van der Waals surface area contributed by atoms with Crippen LogP contribution in [0.15, 0.2) is 28.7 Å². The molecule has 0 radical (unpaired) electrons. The number of carbonyl (C=O) groups excluding carboxylic acids is 1. The van der Waals surface area contributed by atoms with Crippen LogP contribution in [-0.2, 0) is 0 Å². The number of Topliss-reactive ketones (excluding diaryl/α,β-unsaturated/α-hetero) is 1. The second-order valence-corrected chi connectivity index (χ2v) is 8.80. The number of halogens is 2. The Kier molecular flexibility index (Phi) is 4.30. The van der Waals surface area contributed by atoms with Gasteiger partial charge in [-0.3, -0.25) is 4.79 Å². The van der Waals surface area contributed by atoms with Gasteiger partial charge in [0.05, 0.1) is 12.0 Å². The summed E-state index contributed by atoms with van der Waals surface area (Å²) in [5.74, 6) is 0.765. The summed E-state index contributed by atoms with van der Waals surface area (Å²) >= 11 is 12.4. The third-order valence-corrected chi connectivity index (χ3v) is 6.83. The minimum Gasteiger partial charge on any atom is -0.486 e. The molecule has 2 aromatic carbocycles. The van der Waals surface area contributed by atoms with Crippen LogP contribution in [-0.4, -0.2) is 29.5 Å². The number of aryl methyl sites for hydroxylation is 1. The van der Waals surface area contributed by atoms with E-state index in [0.29, 0.717) is 52.5 Å². The number of benzene rings is 2. The van der Waals surface area contributed by atoms with Gasteiger partial charge in [-0.05, 0) is 49.2 Å². The highest BCUT2D eigenvalue weighted by Crippen LogP contribution is 2.43. The van der Waals surface area contributed by atoms with Crippen LogP contribution >= 0.6 is 23.2 Å². The van der Waals surface area contributed by atoms with Crippen molar-refractivity contribution in [3.63, 3.8) is 0 Å². The van der Waals surface area contributed by atoms with Gasteiger partial charge in [0.2, 0.25) is 0 Å². The second kappa shape index (κ2) is 6.64. The van der Waals surface area contributed by atoms with E-state index in [1.165, 1.54) is 0 Å². The zero-order valence-electron chi connectivity index (χ0n) is 16.2. The highest BCUT2D eigenvalue weighted by molar-refractivity contribution is 6.33. The minimum absolute atomic E-state index is 0.107. The van der Waals surface area contributed by atoms with Gasteiger partial charge in [-0.15, -0.1) is 0 Å². The number of oxazole rings is 1. The van der Waals surface area contributed by atoms with Crippen molar-refractivity contribution in [3.05, 3.63) is 51.0 Å². The molecule has 29 heavy (non-hydrogen) atoms. The maximum atomic E-state index is 12.9. The first-order chi connectivity index (χ1) is 13.8. The Morgan fingerprint density at radius 1 is 1.14 bits per heavy atom. The third kappa shape index (κ3) is 3.08. The number of ether oxygens (including phenoxy) is 1. The van der Waals surface area contributed by atoms with Crippen molar-refractivity contribution >= 4 is 46.1 Å². The lowest BCUT2D eigenvalue weighted by atomic mass is 9.81. The van der Waals surface area contributed by atoms with Gasteiger partial charge in [0, 0.05) is 36.0 Å². The third-order valence-electron chi connectivity index (χ3n) is 6.02. The fourth-order valence-electron chi connectivity index (χ4n) is 4.41. The molecule has 0 atom stereocenters. The number of ketones is 1. The van der Waals surface area contributed by atoms with Gasteiger partial charge in [0.25, 0.3) is 6.01 Å². The summed E-state index contributed by atoms with van der Waals surface area (Å²) < 4.78 is 12.3. The normalized spacial score (nSPS) is 18.2. The first-order valence-electron chi connectivity index (χ1n) is 9.68. The molecule has 1 fully saturated rings. The Morgan fingerprint density at radius 2 is 1.90 bits per heavy atom. The molecule has 0 N–H and O–H groups in total. The zero-order chi connectivity index (χ0) is 20.3. The van der Waals surface area contributed by atoms with Crippen molar-refractivity contribution in [2.75, 3.05) is 18.0 Å². The zero-order valence-corrected chi connectivity index (χ0v) is 17.7. The Morgan fingerprint density at radius 3 is 2.66 bits per heavy atom. The molecule has 1 saturated heterocycles. The molecular weight excluding hydrogens is 411 g/mol. The molecule has 5 rings (SSSR count). The number of hydrogen-bond acceptors (Lipinski definition) is 5. The number of aromatic nitrogens is 1. The number of fused-ring (bicyclic) bond motifs is 2. The van der Waals surface area contributed by atoms with E-state index in [1.807, 2.05) is 26.0 Å². The van der Waals surface area contributed by atoms with Crippen molar-refractivity contribution < 1.29 is 13.9 Å². The maximum Gasteiger partial charge on any atom is 0.298 e. The first kappa shape index (κ1) is 18.8. The number of rotatable bonds is 1. The summed E-state index contributed by atoms with van der Waals surface area (Å²) in [6, 6.07) is 7.89. The molecule has 3 aromatic rings. The number of hydrogen-bond donors (Lipinski definition) is 0. The van der Waals surface area contributed by atoms with Crippen molar-refractivity contribution in [3.8, 4) is 5.75 Å². The molecule has 0 bridgehead atoms. The van der Waals surface area contributed by atoms with E-state index in [1.54, 1.807) is 12.1 Å². The predicted octanol–water partition coefficient (Wildman–Crippen LogP) is 5.76. The SMILES string of the molecule is Cc1cc2c(c(C)c1Cl)C(=O)CC1(CCN(c3nc4cc(Cl)ccc4o3)CC1)O2. The van der Waals surface area contributed by atoms with Gasteiger partial charge in [-0.25, -0.2) is 0 Å². The molecule has 1 aromatic heterocycles. The molecule has 1 spiro atoms. The lowest BCUT2D eigenvalue weighted by Gasteiger charge is -2.44. The number of anilines is 1. The van der Waals surface area contributed by atoms with Crippen LogP contribution in [0.2, 0.25) is 10.0 Å². The van der Waals surface area contributed by atoms with E-state index >= 15 is 0 Å². The second-order valence-electron chi connectivity index (χ2n) is 7.99. The number of nitrogens with zero attached hydrogens (tertiary/aromatic N) is 2. The number of piperidine rings is 1. The molecular formula is C22H20Cl2N2O3. The topological polar surface area (TPSA) is 55.6 Å². The summed E-state index contributed by atoms with van der Waals surface area (Å²) in [4.78, 5) is 19.6. The first-order valence-corrected chi connectivity index (χ1v) is 10.4. The Labute approximate surface area is 178 Å². The molecule has 0 amide bonds. The molecule has 150 valence electrons. The van der Waals surface area contributed by atoms with Gasteiger partial charge in [0.15, 0.2) is 11.4 Å². The monoisotopic (exact) mass is 430 g/mol. The smallest absolute Gasteiger partial charge is 0.298 e. The van der Waals surface area contributed by atoms with Gasteiger partial charge < -0.3 is 14.1 Å². The van der Waals surface area contributed by atoms with E-state index in [2.05, 4.69) is 9.88 Å². The molecule has 0 aliphatic carbocycles. The predicted molar refractivity (Wildman–Crippen MR) is 114 cm³/mol. The highest BCUT2D eigenvalue weighted by atomic mass is 35.5. The summed E-state index contributed by atoms with van der Waals surface area (Å²) in [5, 5.41) is 1.27. The molecule has 2 aliphatic rings. The van der Waals surface area contributed by atoms with Gasteiger partial charge in [-0.2, -0.15) is 4.98 Å². The van der Waals surface area contributed by atoms with E-state index < -0.39 is 5.60 Å².